The van der Waals surface area contributed by atoms with E-state index < -0.39 is 11.7 Å². The number of rotatable bonds is 1. The first-order valence-electron chi connectivity index (χ1n) is 4.28. The van der Waals surface area contributed by atoms with Crippen molar-refractivity contribution >= 4 is 5.97 Å². The van der Waals surface area contributed by atoms with Crippen molar-refractivity contribution in [3.63, 3.8) is 0 Å². The third-order valence-corrected chi connectivity index (χ3v) is 2.40. The minimum Gasteiger partial charge on any atom is -0.545 e. The van der Waals surface area contributed by atoms with Crippen molar-refractivity contribution in [3.05, 3.63) is 27.7 Å². The molecule has 5 nitrogen and oxygen atoms in total. The second-order valence-corrected chi connectivity index (χ2v) is 3.23. The fraction of sp³-hybridized carbons (Fsp3) is 0.333. The van der Waals surface area contributed by atoms with E-state index in [1.165, 1.54) is 4.57 Å². The second-order valence-electron chi connectivity index (χ2n) is 3.23. The SMILES string of the molecule is O=C([O-])c1c(O)cc(=O)n2c1CCC2.[Na+]. The maximum absolute atomic E-state index is 11.3. The van der Waals surface area contributed by atoms with E-state index in [4.69, 9.17) is 0 Å². The van der Waals surface area contributed by atoms with Gasteiger partial charge in [-0.15, -0.1) is 0 Å². The van der Waals surface area contributed by atoms with Crippen LogP contribution in [0.25, 0.3) is 0 Å². The van der Waals surface area contributed by atoms with Crippen LogP contribution < -0.4 is 40.2 Å². The number of nitrogens with zero attached hydrogens (tertiary/aromatic N) is 1. The number of carbonyl (C=O) groups is 1. The number of pyridine rings is 1. The summed E-state index contributed by atoms with van der Waals surface area (Å²) in [6.45, 7) is 0.509. The number of hydrogen-bond donors (Lipinski definition) is 1. The molecule has 0 unspecified atom stereocenters. The van der Waals surface area contributed by atoms with Gasteiger partial charge in [0.15, 0.2) is 0 Å². The molecule has 2 rings (SSSR count). The minimum absolute atomic E-state index is 0. The largest absolute Gasteiger partial charge is 1.00 e. The Morgan fingerprint density at radius 2 is 2.20 bits per heavy atom. The Labute approximate surface area is 108 Å². The number of hydrogen-bond acceptors (Lipinski definition) is 4. The molecule has 6 heteroatoms. The standard InChI is InChI=1S/C9H9NO4.Na/c11-6-4-7(12)10-3-1-2-5(10)8(6)9(13)14;/h4,11H,1-3H2,(H,13,14);/q;+1/p-1. The molecule has 0 fully saturated rings. The summed E-state index contributed by atoms with van der Waals surface area (Å²) in [6.07, 6.45) is 1.21. The van der Waals surface area contributed by atoms with Crippen molar-refractivity contribution in [2.45, 2.75) is 19.4 Å². The molecule has 74 valence electrons. The zero-order valence-corrected chi connectivity index (χ0v) is 10.3. The van der Waals surface area contributed by atoms with Crippen LogP contribution >= 0.6 is 0 Å². The van der Waals surface area contributed by atoms with Gasteiger partial charge in [0.25, 0.3) is 5.56 Å². The van der Waals surface area contributed by atoms with Crippen LogP contribution in [-0.4, -0.2) is 15.6 Å². The number of aromatic carboxylic acids is 1. The summed E-state index contributed by atoms with van der Waals surface area (Å²) in [5.74, 6) is -1.93. The molecule has 0 amide bonds. The molecule has 0 spiro atoms. The van der Waals surface area contributed by atoms with Gasteiger partial charge in [0.2, 0.25) is 0 Å². The van der Waals surface area contributed by atoms with Gasteiger partial charge in [0, 0.05) is 18.3 Å². The van der Waals surface area contributed by atoms with Gasteiger partial charge in [-0.2, -0.15) is 0 Å². The summed E-state index contributed by atoms with van der Waals surface area (Å²) in [7, 11) is 0. The van der Waals surface area contributed by atoms with Crippen molar-refractivity contribution in [1.29, 1.82) is 0 Å². The molecule has 0 saturated heterocycles. The van der Waals surface area contributed by atoms with Crippen LogP contribution in [0.5, 0.6) is 5.75 Å². The summed E-state index contributed by atoms with van der Waals surface area (Å²) in [5, 5.41) is 20.0. The van der Waals surface area contributed by atoms with E-state index in [0.717, 1.165) is 12.5 Å². The molecule has 0 aliphatic carbocycles. The average Bonchev–Trinajstić information content (AvgIpc) is 2.51. The van der Waals surface area contributed by atoms with E-state index in [0.29, 0.717) is 18.7 Å². The predicted molar refractivity (Wildman–Crippen MR) is 45.0 cm³/mol. The topological polar surface area (TPSA) is 82.4 Å². The van der Waals surface area contributed by atoms with E-state index >= 15 is 0 Å². The molecular weight excluding hydrogens is 209 g/mol. The molecule has 1 aliphatic heterocycles. The van der Waals surface area contributed by atoms with Gasteiger partial charge in [-0.1, -0.05) is 0 Å². The molecule has 15 heavy (non-hydrogen) atoms. The summed E-state index contributed by atoms with van der Waals surface area (Å²) in [4.78, 5) is 22.0. The molecule has 1 aromatic heterocycles. The van der Waals surface area contributed by atoms with Gasteiger partial charge in [-0.25, -0.2) is 0 Å². The van der Waals surface area contributed by atoms with E-state index in [1.807, 2.05) is 0 Å². The van der Waals surface area contributed by atoms with E-state index in [2.05, 4.69) is 0 Å². The van der Waals surface area contributed by atoms with Crippen LogP contribution in [0.1, 0.15) is 22.5 Å². The quantitative estimate of drug-likeness (QED) is 0.484. The normalized spacial score (nSPS) is 13.1. The van der Waals surface area contributed by atoms with Crippen LogP contribution in [0.2, 0.25) is 0 Å². The Hall–Kier alpha value is -0.780. The molecule has 0 radical (unpaired) electrons. The molecule has 1 aromatic rings. The molecule has 1 N–H and O–H groups in total. The Bertz CT molecular complexity index is 466. The fourth-order valence-corrected chi connectivity index (χ4v) is 1.81. The number of carbonyl (C=O) groups excluding carboxylic acids is 1. The van der Waals surface area contributed by atoms with Crippen LogP contribution in [-0.2, 0) is 13.0 Å². The molecule has 1 aliphatic rings. The smallest absolute Gasteiger partial charge is 0.545 e. The summed E-state index contributed by atoms with van der Waals surface area (Å²) in [5.41, 5.74) is -0.239. The Kier molecular flexibility index (Phi) is 3.59. The van der Waals surface area contributed by atoms with Crippen molar-refractivity contribution in [2.24, 2.45) is 0 Å². The first-order chi connectivity index (χ1) is 6.61. The molecule has 2 heterocycles. The molecule has 0 atom stereocenters. The zero-order chi connectivity index (χ0) is 10.3. The van der Waals surface area contributed by atoms with Gasteiger partial charge in [0.1, 0.15) is 5.75 Å². The van der Waals surface area contributed by atoms with Crippen LogP contribution in [0.4, 0.5) is 0 Å². The Balaban J connectivity index is 0.00000112. The first-order valence-corrected chi connectivity index (χ1v) is 4.28. The molecule has 0 aromatic carbocycles. The third kappa shape index (κ3) is 1.95. The fourth-order valence-electron chi connectivity index (χ4n) is 1.81. The van der Waals surface area contributed by atoms with Crippen LogP contribution in [0.15, 0.2) is 10.9 Å². The summed E-state index contributed by atoms with van der Waals surface area (Å²) >= 11 is 0. The van der Waals surface area contributed by atoms with E-state index in [9.17, 15) is 19.8 Å². The van der Waals surface area contributed by atoms with Crippen molar-refractivity contribution in [2.75, 3.05) is 0 Å². The average molecular weight is 217 g/mol. The molecular formula is C9H8NNaO4. The van der Waals surface area contributed by atoms with Crippen LogP contribution in [0, 0.1) is 0 Å². The monoisotopic (exact) mass is 217 g/mol. The maximum Gasteiger partial charge on any atom is 1.00 e. The van der Waals surface area contributed by atoms with Crippen molar-refractivity contribution < 1.29 is 44.6 Å². The summed E-state index contributed by atoms with van der Waals surface area (Å²) < 4.78 is 1.37. The minimum atomic E-state index is -1.44. The van der Waals surface area contributed by atoms with Gasteiger partial charge in [-0.3, -0.25) is 4.79 Å². The first kappa shape index (κ1) is 12.3. The zero-order valence-electron chi connectivity index (χ0n) is 8.32. The van der Waals surface area contributed by atoms with Crippen LogP contribution in [0.3, 0.4) is 0 Å². The third-order valence-electron chi connectivity index (χ3n) is 2.40. The summed E-state index contributed by atoms with van der Waals surface area (Å²) in [6, 6.07) is 0.917. The Morgan fingerprint density at radius 3 is 2.80 bits per heavy atom. The van der Waals surface area contributed by atoms with Gasteiger partial charge >= 0.3 is 29.6 Å². The van der Waals surface area contributed by atoms with E-state index in [1.54, 1.807) is 0 Å². The number of carboxylic acid groups (broad SMARTS) is 1. The van der Waals surface area contributed by atoms with Crippen molar-refractivity contribution in [1.82, 2.24) is 4.57 Å². The number of aromatic hydroxyl groups is 1. The predicted octanol–water partition coefficient (Wildman–Crippen LogP) is -4.13. The number of carboxylic acids is 1. The van der Waals surface area contributed by atoms with Crippen molar-refractivity contribution in [3.8, 4) is 5.75 Å². The Morgan fingerprint density at radius 1 is 1.53 bits per heavy atom. The second kappa shape index (κ2) is 4.38. The van der Waals surface area contributed by atoms with Gasteiger partial charge < -0.3 is 19.6 Å². The van der Waals surface area contributed by atoms with Gasteiger partial charge in [0.05, 0.1) is 11.5 Å². The number of aromatic nitrogens is 1. The molecule has 0 bridgehead atoms. The maximum atomic E-state index is 11.3. The number of fused-ring (bicyclic) bond motifs is 1. The van der Waals surface area contributed by atoms with Gasteiger partial charge in [-0.05, 0) is 12.8 Å². The molecule has 0 saturated carbocycles. The van der Waals surface area contributed by atoms with E-state index in [-0.39, 0.29) is 40.7 Å².